The molecular weight excluding hydrogens is 366 g/mol. The van der Waals surface area contributed by atoms with E-state index in [4.69, 9.17) is 4.74 Å². The normalized spacial score (nSPS) is 13.8. The minimum Gasteiger partial charge on any atom is -0.500 e. The molecule has 0 saturated carbocycles. The molecule has 1 aliphatic heterocycles. The summed E-state index contributed by atoms with van der Waals surface area (Å²) in [6.45, 7) is 0. The van der Waals surface area contributed by atoms with Gasteiger partial charge in [-0.05, 0) is 6.07 Å². The number of carbonyl (C=O) groups excluding carboxylic acids is 1. The highest BCUT2D eigenvalue weighted by molar-refractivity contribution is 6.49. The van der Waals surface area contributed by atoms with Crippen LogP contribution in [0.3, 0.4) is 0 Å². The molecule has 10 heteroatoms. The van der Waals surface area contributed by atoms with Crippen molar-refractivity contribution >= 4 is 29.2 Å². The molecule has 2 aromatic rings. The number of nitrogens with zero attached hydrogens (tertiary/aromatic N) is 4. The van der Waals surface area contributed by atoms with E-state index in [9.17, 15) is 20.0 Å². The molecule has 28 heavy (non-hydrogen) atoms. The van der Waals surface area contributed by atoms with Gasteiger partial charge in [0, 0.05) is 17.2 Å². The van der Waals surface area contributed by atoms with Gasteiger partial charge in [-0.1, -0.05) is 30.3 Å². The quantitative estimate of drug-likeness (QED) is 0.461. The second-order valence-electron chi connectivity index (χ2n) is 5.68. The van der Waals surface area contributed by atoms with Gasteiger partial charge in [0.2, 0.25) is 5.75 Å². The van der Waals surface area contributed by atoms with Crippen molar-refractivity contribution in [1.82, 2.24) is 5.43 Å². The SMILES string of the molecule is COc1cc(/C=N\NC2=NN=C(c3ccccc3)C(=O)C2)cc([N+](=O)[O-])c1O. The lowest BCUT2D eigenvalue weighted by molar-refractivity contribution is -0.386. The molecule has 0 amide bonds. The zero-order chi connectivity index (χ0) is 20.1. The molecule has 0 fully saturated rings. The second kappa shape index (κ2) is 8.08. The van der Waals surface area contributed by atoms with Gasteiger partial charge in [-0.3, -0.25) is 20.3 Å². The van der Waals surface area contributed by atoms with Crippen LogP contribution in [0.5, 0.6) is 11.5 Å². The Labute approximate surface area is 159 Å². The largest absolute Gasteiger partial charge is 0.500 e. The molecule has 0 saturated heterocycles. The summed E-state index contributed by atoms with van der Waals surface area (Å²) in [5.41, 5.74) is 3.35. The van der Waals surface area contributed by atoms with E-state index in [0.29, 0.717) is 11.1 Å². The average Bonchev–Trinajstić information content (AvgIpc) is 2.69. The molecule has 0 atom stereocenters. The first-order chi connectivity index (χ1) is 13.5. The number of nitro benzene ring substituents is 1. The monoisotopic (exact) mass is 381 g/mol. The van der Waals surface area contributed by atoms with Crippen LogP contribution in [0, 0.1) is 10.1 Å². The number of benzene rings is 2. The van der Waals surface area contributed by atoms with Gasteiger partial charge in [0.05, 0.1) is 24.7 Å². The number of methoxy groups -OCH3 is 1. The summed E-state index contributed by atoms with van der Waals surface area (Å²) in [5.74, 6) is -0.595. The summed E-state index contributed by atoms with van der Waals surface area (Å²) in [6, 6.07) is 11.5. The molecule has 0 aromatic heterocycles. The summed E-state index contributed by atoms with van der Waals surface area (Å²) in [6.07, 6.45) is 1.27. The molecule has 1 aliphatic rings. The zero-order valence-electron chi connectivity index (χ0n) is 14.7. The van der Waals surface area contributed by atoms with Gasteiger partial charge in [-0.25, -0.2) is 0 Å². The number of aromatic hydroxyl groups is 1. The third-order valence-electron chi connectivity index (χ3n) is 3.81. The third-order valence-corrected chi connectivity index (χ3v) is 3.81. The summed E-state index contributed by atoms with van der Waals surface area (Å²) in [4.78, 5) is 22.5. The van der Waals surface area contributed by atoms with E-state index < -0.39 is 16.4 Å². The first-order valence-corrected chi connectivity index (χ1v) is 8.07. The maximum atomic E-state index is 12.3. The molecule has 142 valence electrons. The first-order valence-electron chi connectivity index (χ1n) is 8.07. The van der Waals surface area contributed by atoms with Gasteiger partial charge < -0.3 is 9.84 Å². The van der Waals surface area contributed by atoms with Crippen molar-refractivity contribution in [2.45, 2.75) is 6.42 Å². The lowest BCUT2D eigenvalue weighted by atomic mass is 10.0. The van der Waals surface area contributed by atoms with E-state index in [0.717, 1.165) is 6.07 Å². The number of hydrogen-bond donors (Lipinski definition) is 2. The standard InChI is InChI=1S/C18H15N5O5/c1-28-15-8-11(7-13(18(15)25)23(26)27)10-19-20-16-9-14(24)17(22-21-16)12-5-3-2-4-6-12/h2-8,10,25H,9H2,1H3,(H,20,21)/b19-10-. The van der Waals surface area contributed by atoms with Gasteiger partial charge in [0.25, 0.3) is 0 Å². The molecular formula is C18H15N5O5. The van der Waals surface area contributed by atoms with Gasteiger partial charge in [0.15, 0.2) is 17.4 Å². The molecule has 0 unspecified atom stereocenters. The Kier molecular flexibility index (Phi) is 5.40. The van der Waals surface area contributed by atoms with Crippen molar-refractivity contribution in [3.8, 4) is 11.5 Å². The number of ether oxygens (including phenoxy) is 1. The highest BCUT2D eigenvalue weighted by Crippen LogP contribution is 2.36. The minimum absolute atomic E-state index is 0.00981. The molecule has 3 rings (SSSR count). The Morgan fingerprint density at radius 1 is 1.29 bits per heavy atom. The summed E-state index contributed by atoms with van der Waals surface area (Å²) in [7, 11) is 1.28. The van der Waals surface area contributed by atoms with Gasteiger partial charge >= 0.3 is 5.69 Å². The van der Waals surface area contributed by atoms with Crippen molar-refractivity contribution < 1.29 is 19.6 Å². The van der Waals surface area contributed by atoms with Crippen molar-refractivity contribution in [2.24, 2.45) is 15.3 Å². The van der Waals surface area contributed by atoms with Crippen LogP contribution in [0.1, 0.15) is 17.5 Å². The predicted molar refractivity (Wildman–Crippen MR) is 102 cm³/mol. The Hall–Kier alpha value is -4.08. The maximum Gasteiger partial charge on any atom is 0.315 e. The highest BCUT2D eigenvalue weighted by atomic mass is 16.6. The fraction of sp³-hybridized carbons (Fsp3) is 0.111. The number of amidine groups is 1. The number of Topliss-reactive ketones (excluding diaryl/α,β-unsaturated/α-hetero) is 1. The van der Waals surface area contributed by atoms with Gasteiger partial charge in [-0.15, -0.1) is 10.2 Å². The van der Waals surface area contributed by atoms with E-state index in [-0.39, 0.29) is 29.5 Å². The van der Waals surface area contributed by atoms with Crippen LogP contribution in [-0.4, -0.2) is 40.7 Å². The van der Waals surface area contributed by atoms with E-state index >= 15 is 0 Å². The number of carbonyl (C=O) groups is 1. The van der Waals surface area contributed by atoms with Crippen LogP contribution in [0.2, 0.25) is 0 Å². The average molecular weight is 381 g/mol. The number of ketones is 1. The zero-order valence-corrected chi connectivity index (χ0v) is 14.7. The van der Waals surface area contributed by atoms with Crippen molar-refractivity contribution in [1.29, 1.82) is 0 Å². The van der Waals surface area contributed by atoms with Crippen molar-refractivity contribution in [3.63, 3.8) is 0 Å². The number of hydrogen-bond acceptors (Lipinski definition) is 9. The minimum atomic E-state index is -0.730. The van der Waals surface area contributed by atoms with Crippen molar-refractivity contribution in [3.05, 3.63) is 63.7 Å². The van der Waals surface area contributed by atoms with Gasteiger partial charge in [-0.2, -0.15) is 5.10 Å². The topological polar surface area (TPSA) is 139 Å². The molecule has 0 spiro atoms. The highest BCUT2D eigenvalue weighted by Gasteiger charge is 2.21. The number of phenols is 1. The van der Waals surface area contributed by atoms with Crippen LogP contribution in [0.25, 0.3) is 0 Å². The van der Waals surface area contributed by atoms with Crippen LogP contribution in [-0.2, 0) is 4.79 Å². The molecule has 2 N–H and O–H groups in total. The number of nitrogens with one attached hydrogen (secondary N) is 1. The predicted octanol–water partition coefficient (Wildman–Crippen LogP) is 2.01. The summed E-state index contributed by atoms with van der Waals surface area (Å²) < 4.78 is 4.92. The molecule has 0 aliphatic carbocycles. The van der Waals surface area contributed by atoms with E-state index in [2.05, 4.69) is 20.7 Å². The Morgan fingerprint density at radius 2 is 2.04 bits per heavy atom. The smallest absolute Gasteiger partial charge is 0.315 e. The fourth-order valence-corrected chi connectivity index (χ4v) is 2.48. The van der Waals surface area contributed by atoms with Gasteiger partial charge in [0.1, 0.15) is 5.71 Å². The van der Waals surface area contributed by atoms with Crippen LogP contribution in [0.15, 0.2) is 57.8 Å². The second-order valence-corrected chi connectivity index (χ2v) is 5.68. The van der Waals surface area contributed by atoms with Crippen molar-refractivity contribution in [2.75, 3.05) is 7.11 Å². The Morgan fingerprint density at radius 3 is 2.68 bits per heavy atom. The van der Waals surface area contributed by atoms with Crippen LogP contribution < -0.4 is 10.2 Å². The molecule has 0 radical (unpaired) electrons. The number of phenolic OH excluding ortho intramolecular Hbond substituents is 1. The Bertz CT molecular complexity index is 1010. The number of rotatable bonds is 5. The summed E-state index contributed by atoms with van der Waals surface area (Å²) in [5, 5.41) is 32.6. The maximum absolute atomic E-state index is 12.3. The number of nitro groups is 1. The fourth-order valence-electron chi connectivity index (χ4n) is 2.48. The first kappa shape index (κ1) is 18.7. The molecule has 0 bridgehead atoms. The Balaban J connectivity index is 1.76. The lowest BCUT2D eigenvalue weighted by Crippen LogP contribution is -2.29. The molecule has 1 heterocycles. The number of hydrazone groups is 1. The summed E-state index contributed by atoms with van der Waals surface area (Å²) >= 11 is 0. The van der Waals surface area contributed by atoms with Crippen LogP contribution in [0.4, 0.5) is 5.69 Å². The molecule has 2 aromatic carbocycles. The lowest BCUT2D eigenvalue weighted by Gasteiger charge is -2.10. The van der Waals surface area contributed by atoms with E-state index in [1.807, 2.05) is 6.07 Å². The molecule has 10 nitrogen and oxygen atoms in total. The third kappa shape index (κ3) is 4.01. The van der Waals surface area contributed by atoms with E-state index in [1.54, 1.807) is 24.3 Å². The van der Waals surface area contributed by atoms with E-state index in [1.165, 1.54) is 19.4 Å². The van der Waals surface area contributed by atoms with Crippen LogP contribution >= 0.6 is 0 Å².